The molecule has 2 heterocycles. The van der Waals surface area contributed by atoms with Crippen LogP contribution in [0.25, 0.3) is 21.9 Å². The molecule has 0 aliphatic rings. The summed E-state index contributed by atoms with van der Waals surface area (Å²) in [4.78, 5) is 32.0. The molecule has 0 saturated heterocycles. The fraction of sp³-hybridized carbons (Fsp3) is 0.158. The van der Waals surface area contributed by atoms with Crippen LogP contribution >= 0.6 is 0 Å². The second kappa shape index (κ2) is 6.44. The van der Waals surface area contributed by atoms with E-state index in [-0.39, 0.29) is 23.9 Å². The van der Waals surface area contributed by atoms with Crippen molar-refractivity contribution in [2.24, 2.45) is 0 Å². The van der Waals surface area contributed by atoms with E-state index in [2.05, 4.69) is 20.4 Å². The number of aromatic nitrogens is 4. The van der Waals surface area contributed by atoms with Crippen molar-refractivity contribution in [3.63, 3.8) is 0 Å². The molecular weight excluding hydrogens is 330 g/mol. The van der Waals surface area contributed by atoms with E-state index in [0.29, 0.717) is 16.7 Å². The van der Waals surface area contributed by atoms with Crippen molar-refractivity contribution in [3.8, 4) is 0 Å². The van der Waals surface area contributed by atoms with Crippen LogP contribution in [0.5, 0.6) is 0 Å². The van der Waals surface area contributed by atoms with Crippen molar-refractivity contribution in [3.05, 3.63) is 70.8 Å². The Hall–Kier alpha value is -3.48. The first kappa shape index (κ1) is 16.0. The van der Waals surface area contributed by atoms with E-state index >= 15 is 0 Å². The van der Waals surface area contributed by atoms with Gasteiger partial charge in [0, 0.05) is 5.39 Å². The zero-order valence-electron chi connectivity index (χ0n) is 14.1. The Bertz CT molecular complexity index is 1130. The van der Waals surface area contributed by atoms with Gasteiger partial charge in [-0.3, -0.25) is 14.3 Å². The summed E-state index contributed by atoms with van der Waals surface area (Å²) in [6.07, 6.45) is 1.23. The average molecular weight is 347 g/mol. The SMILES string of the molecule is C[C@H](NC(=O)Cn1ncc(=O)c2ccccc21)c1nc2ccccc2[nH]1. The van der Waals surface area contributed by atoms with Crippen LogP contribution in [0.3, 0.4) is 0 Å². The molecule has 2 N–H and O–H groups in total. The summed E-state index contributed by atoms with van der Waals surface area (Å²) in [6.45, 7) is 1.89. The summed E-state index contributed by atoms with van der Waals surface area (Å²) in [5.41, 5.74) is 2.26. The number of nitrogens with zero attached hydrogens (tertiary/aromatic N) is 3. The minimum absolute atomic E-state index is 0.0192. The lowest BCUT2D eigenvalue weighted by atomic mass is 10.2. The third-order valence-corrected chi connectivity index (χ3v) is 4.25. The maximum Gasteiger partial charge on any atom is 0.242 e. The van der Waals surface area contributed by atoms with Crippen LogP contribution in [0.1, 0.15) is 18.8 Å². The van der Waals surface area contributed by atoms with Crippen LogP contribution in [-0.4, -0.2) is 25.7 Å². The maximum atomic E-state index is 12.4. The molecule has 130 valence electrons. The number of carbonyl (C=O) groups excluding carboxylic acids is 1. The molecule has 0 aliphatic heterocycles. The first-order valence-electron chi connectivity index (χ1n) is 8.31. The highest BCUT2D eigenvalue weighted by molar-refractivity contribution is 5.82. The molecule has 7 nitrogen and oxygen atoms in total. The van der Waals surface area contributed by atoms with Crippen molar-refractivity contribution in [2.75, 3.05) is 0 Å². The number of fused-ring (bicyclic) bond motifs is 2. The minimum Gasteiger partial charge on any atom is -0.345 e. The summed E-state index contributed by atoms with van der Waals surface area (Å²) in [7, 11) is 0. The number of hydrogen-bond acceptors (Lipinski definition) is 4. The Balaban J connectivity index is 1.54. The molecule has 26 heavy (non-hydrogen) atoms. The van der Waals surface area contributed by atoms with Gasteiger partial charge in [0.2, 0.25) is 11.3 Å². The average Bonchev–Trinajstić information content (AvgIpc) is 3.09. The van der Waals surface area contributed by atoms with Crippen LogP contribution in [0, 0.1) is 0 Å². The highest BCUT2D eigenvalue weighted by Gasteiger charge is 2.15. The fourth-order valence-electron chi connectivity index (χ4n) is 2.96. The maximum absolute atomic E-state index is 12.4. The first-order valence-corrected chi connectivity index (χ1v) is 8.31. The van der Waals surface area contributed by atoms with Crippen LogP contribution in [0.15, 0.2) is 59.5 Å². The number of rotatable bonds is 4. The van der Waals surface area contributed by atoms with Gasteiger partial charge >= 0.3 is 0 Å². The molecule has 0 saturated carbocycles. The molecule has 4 aromatic rings. The Kier molecular flexibility index (Phi) is 3.96. The predicted molar refractivity (Wildman–Crippen MR) is 98.7 cm³/mol. The first-order chi connectivity index (χ1) is 12.6. The van der Waals surface area contributed by atoms with Gasteiger partial charge in [0.15, 0.2) is 0 Å². The van der Waals surface area contributed by atoms with E-state index in [1.54, 1.807) is 18.2 Å². The lowest BCUT2D eigenvalue weighted by molar-refractivity contribution is -0.122. The van der Waals surface area contributed by atoms with E-state index in [4.69, 9.17) is 0 Å². The van der Waals surface area contributed by atoms with Gasteiger partial charge in [-0.1, -0.05) is 24.3 Å². The number of imidazole rings is 1. The monoisotopic (exact) mass is 347 g/mol. The summed E-state index contributed by atoms with van der Waals surface area (Å²) >= 11 is 0. The third kappa shape index (κ3) is 2.95. The van der Waals surface area contributed by atoms with Gasteiger partial charge in [-0.05, 0) is 31.2 Å². The lowest BCUT2D eigenvalue weighted by Gasteiger charge is -2.13. The molecule has 0 aliphatic carbocycles. The molecule has 2 aromatic heterocycles. The van der Waals surface area contributed by atoms with Gasteiger partial charge < -0.3 is 10.3 Å². The quantitative estimate of drug-likeness (QED) is 0.592. The molecule has 1 amide bonds. The number of benzene rings is 2. The summed E-state index contributed by atoms with van der Waals surface area (Å²) in [6, 6.07) is 14.5. The van der Waals surface area contributed by atoms with Gasteiger partial charge in [0.05, 0.1) is 28.8 Å². The summed E-state index contributed by atoms with van der Waals surface area (Å²) < 4.78 is 1.53. The van der Waals surface area contributed by atoms with Crippen molar-refractivity contribution in [1.82, 2.24) is 25.1 Å². The van der Waals surface area contributed by atoms with Gasteiger partial charge in [-0.15, -0.1) is 0 Å². The number of para-hydroxylation sites is 3. The van der Waals surface area contributed by atoms with Crippen molar-refractivity contribution in [2.45, 2.75) is 19.5 Å². The van der Waals surface area contributed by atoms with E-state index in [9.17, 15) is 9.59 Å². The summed E-state index contributed by atoms with van der Waals surface area (Å²) in [5.74, 6) is 0.483. The Morgan fingerprint density at radius 2 is 1.96 bits per heavy atom. The molecule has 0 bridgehead atoms. The molecule has 0 fully saturated rings. The zero-order chi connectivity index (χ0) is 18.1. The number of aromatic amines is 1. The van der Waals surface area contributed by atoms with Crippen LogP contribution in [0.4, 0.5) is 0 Å². The highest BCUT2D eigenvalue weighted by Crippen LogP contribution is 2.15. The van der Waals surface area contributed by atoms with Gasteiger partial charge in [0.25, 0.3) is 0 Å². The zero-order valence-corrected chi connectivity index (χ0v) is 14.1. The minimum atomic E-state index is -0.277. The van der Waals surface area contributed by atoms with Gasteiger partial charge in [-0.25, -0.2) is 4.98 Å². The van der Waals surface area contributed by atoms with Gasteiger partial charge in [0.1, 0.15) is 12.4 Å². The highest BCUT2D eigenvalue weighted by atomic mass is 16.2. The number of nitrogens with one attached hydrogen (secondary N) is 2. The van der Waals surface area contributed by atoms with E-state index in [0.717, 1.165) is 11.0 Å². The largest absolute Gasteiger partial charge is 0.345 e. The number of H-pyrrole nitrogens is 1. The van der Waals surface area contributed by atoms with E-state index in [1.165, 1.54) is 10.9 Å². The predicted octanol–water partition coefficient (Wildman–Crippen LogP) is 2.15. The van der Waals surface area contributed by atoms with Crippen molar-refractivity contribution < 1.29 is 4.79 Å². The molecule has 0 unspecified atom stereocenters. The van der Waals surface area contributed by atoms with E-state index in [1.807, 2.05) is 37.3 Å². The molecular formula is C19H17N5O2. The molecule has 4 rings (SSSR count). The Morgan fingerprint density at radius 1 is 1.19 bits per heavy atom. The topological polar surface area (TPSA) is 92.7 Å². The second-order valence-electron chi connectivity index (χ2n) is 6.11. The van der Waals surface area contributed by atoms with Crippen molar-refractivity contribution >= 4 is 27.8 Å². The standard InChI is InChI=1S/C19H17N5O2/c1-12(19-22-14-7-3-4-8-15(14)23-19)21-18(26)11-24-16-9-5-2-6-13(16)17(25)10-20-24/h2-10,12H,11H2,1H3,(H,21,26)(H,22,23)/t12-/m0/s1. The lowest BCUT2D eigenvalue weighted by Crippen LogP contribution is -2.31. The second-order valence-corrected chi connectivity index (χ2v) is 6.11. The van der Waals surface area contributed by atoms with Gasteiger partial charge in [-0.2, -0.15) is 5.10 Å². The molecule has 2 aromatic carbocycles. The molecule has 0 spiro atoms. The molecule has 7 heteroatoms. The molecule has 0 radical (unpaired) electrons. The number of carbonyl (C=O) groups is 1. The third-order valence-electron chi connectivity index (χ3n) is 4.25. The Labute approximate surface area is 148 Å². The van der Waals surface area contributed by atoms with Crippen molar-refractivity contribution in [1.29, 1.82) is 0 Å². The smallest absolute Gasteiger partial charge is 0.242 e. The number of amides is 1. The van der Waals surface area contributed by atoms with Crippen LogP contribution in [0.2, 0.25) is 0 Å². The number of hydrogen-bond donors (Lipinski definition) is 2. The summed E-state index contributed by atoms with van der Waals surface area (Å²) in [5, 5.41) is 7.54. The van der Waals surface area contributed by atoms with E-state index < -0.39 is 0 Å². The fourth-order valence-corrected chi connectivity index (χ4v) is 2.96. The normalized spacial score (nSPS) is 12.3. The molecule has 1 atom stereocenters. The van der Waals surface area contributed by atoms with Crippen LogP contribution in [-0.2, 0) is 11.3 Å². The Morgan fingerprint density at radius 3 is 2.81 bits per heavy atom. The van der Waals surface area contributed by atoms with Crippen LogP contribution < -0.4 is 10.7 Å².